The highest BCUT2D eigenvalue weighted by molar-refractivity contribution is 5.79. The number of rotatable bonds is 11. The minimum Gasteiger partial charge on any atom is -0.260 e. The topological polar surface area (TPSA) is 98.1 Å². The highest BCUT2D eigenvalue weighted by atomic mass is 15.5. The van der Waals surface area contributed by atoms with E-state index in [1.807, 2.05) is 30.5 Å². The van der Waals surface area contributed by atoms with Gasteiger partial charge in [0.2, 0.25) is 5.82 Å². The number of unbranched alkanes of at least 4 members (excludes halogenated alkanes) is 3. The number of hydrogen-bond donors (Lipinski definition) is 1. The van der Waals surface area contributed by atoms with Crippen LogP contribution in [0.15, 0.2) is 42.6 Å². The van der Waals surface area contributed by atoms with E-state index >= 15 is 0 Å². The van der Waals surface area contributed by atoms with Crippen LogP contribution in [0.25, 0.3) is 22.5 Å². The Hall–Kier alpha value is -3.42. The molecule has 4 aromatic rings. The van der Waals surface area contributed by atoms with Crippen molar-refractivity contribution in [3.05, 3.63) is 59.9 Å². The minimum atomic E-state index is 0.573. The van der Waals surface area contributed by atoms with Crippen molar-refractivity contribution in [1.82, 2.24) is 40.4 Å². The second-order valence-corrected chi connectivity index (χ2v) is 7.97. The molecule has 166 valence electrons. The van der Waals surface area contributed by atoms with Crippen molar-refractivity contribution < 1.29 is 0 Å². The van der Waals surface area contributed by atoms with Gasteiger partial charge in [-0.05, 0) is 29.7 Å². The number of hydrogen-bond acceptors (Lipinski definition) is 6. The molecule has 0 aliphatic carbocycles. The van der Waals surface area contributed by atoms with E-state index in [0.717, 1.165) is 66.3 Å². The Morgan fingerprint density at radius 1 is 0.938 bits per heavy atom. The maximum Gasteiger partial charge on any atom is 0.205 e. The van der Waals surface area contributed by atoms with Gasteiger partial charge in [-0.2, -0.15) is 10.3 Å². The summed E-state index contributed by atoms with van der Waals surface area (Å²) in [5.41, 5.74) is 3.95. The largest absolute Gasteiger partial charge is 0.260 e. The minimum absolute atomic E-state index is 0.573. The molecule has 4 rings (SSSR count). The molecule has 0 amide bonds. The Morgan fingerprint density at radius 3 is 2.50 bits per heavy atom. The number of aromatic amines is 1. The van der Waals surface area contributed by atoms with Gasteiger partial charge >= 0.3 is 0 Å². The summed E-state index contributed by atoms with van der Waals surface area (Å²) in [6, 6.07) is 12.2. The maximum atomic E-state index is 4.84. The lowest BCUT2D eigenvalue weighted by atomic mass is 10.0. The molecule has 0 unspecified atom stereocenters. The molecule has 32 heavy (non-hydrogen) atoms. The normalized spacial score (nSPS) is 11.2. The fourth-order valence-corrected chi connectivity index (χ4v) is 3.74. The molecular weight excluding hydrogens is 400 g/mol. The van der Waals surface area contributed by atoms with Crippen LogP contribution in [0.4, 0.5) is 0 Å². The van der Waals surface area contributed by atoms with Crippen LogP contribution in [0, 0.1) is 0 Å². The molecular formula is C24H30N8. The lowest BCUT2D eigenvalue weighted by Crippen LogP contribution is -2.07. The van der Waals surface area contributed by atoms with E-state index < -0.39 is 0 Å². The van der Waals surface area contributed by atoms with E-state index in [2.05, 4.69) is 51.3 Å². The van der Waals surface area contributed by atoms with E-state index in [0.29, 0.717) is 12.2 Å². The predicted molar refractivity (Wildman–Crippen MR) is 124 cm³/mol. The molecule has 0 aliphatic rings. The smallest absolute Gasteiger partial charge is 0.205 e. The van der Waals surface area contributed by atoms with Crippen molar-refractivity contribution in [3.63, 3.8) is 0 Å². The molecule has 0 aliphatic heterocycles. The van der Waals surface area contributed by atoms with E-state index in [1.165, 1.54) is 12.8 Å². The van der Waals surface area contributed by atoms with Crippen molar-refractivity contribution in [3.8, 4) is 22.5 Å². The zero-order valence-corrected chi connectivity index (χ0v) is 18.8. The summed E-state index contributed by atoms with van der Waals surface area (Å²) < 4.78 is 2.08. The van der Waals surface area contributed by atoms with E-state index in [-0.39, 0.29) is 0 Å². The Morgan fingerprint density at radius 2 is 1.78 bits per heavy atom. The predicted octanol–water partition coefficient (Wildman–Crippen LogP) is 4.64. The number of nitrogens with one attached hydrogen (secondary N) is 1. The van der Waals surface area contributed by atoms with Gasteiger partial charge in [0.05, 0.1) is 0 Å². The molecule has 1 N–H and O–H groups in total. The van der Waals surface area contributed by atoms with Crippen LogP contribution in [0.1, 0.15) is 63.3 Å². The standard InChI is InChI=1S/C24H30N8/c1-3-5-7-12-22-26-23(32(29-22)15-6-4-2)16-19-14-13-18(17-25-19)20-10-8-9-11-21(20)24-27-30-31-28-24/h8-11,13-14,17H,3-7,12,15-16H2,1-2H3,(H,27,28,30,31). The maximum absolute atomic E-state index is 4.84. The molecule has 3 aromatic heterocycles. The number of tetrazole rings is 1. The van der Waals surface area contributed by atoms with Crippen molar-refractivity contribution >= 4 is 0 Å². The van der Waals surface area contributed by atoms with Gasteiger partial charge in [-0.3, -0.25) is 4.98 Å². The van der Waals surface area contributed by atoms with E-state index in [4.69, 9.17) is 15.1 Å². The van der Waals surface area contributed by atoms with Crippen molar-refractivity contribution in [2.45, 2.75) is 65.3 Å². The molecule has 3 heterocycles. The number of aromatic nitrogens is 8. The van der Waals surface area contributed by atoms with Crippen LogP contribution in [0.3, 0.4) is 0 Å². The number of benzene rings is 1. The van der Waals surface area contributed by atoms with Gasteiger partial charge in [-0.15, -0.1) is 10.2 Å². The first kappa shape index (κ1) is 21.8. The third-order valence-corrected chi connectivity index (χ3v) is 5.51. The summed E-state index contributed by atoms with van der Waals surface area (Å²) in [4.78, 5) is 9.58. The molecule has 0 fully saturated rings. The zero-order valence-electron chi connectivity index (χ0n) is 18.8. The summed E-state index contributed by atoms with van der Waals surface area (Å²) in [7, 11) is 0. The summed E-state index contributed by atoms with van der Waals surface area (Å²) in [6.07, 6.45) is 9.32. The lowest BCUT2D eigenvalue weighted by Gasteiger charge is -2.08. The molecule has 0 radical (unpaired) electrons. The summed E-state index contributed by atoms with van der Waals surface area (Å²) >= 11 is 0. The highest BCUT2D eigenvalue weighted by Gasteiger charge is 2.13. The molecule has 0 saturated heterocycles. The first-order valence-electron chi connectivity index (χ1n) is 11.5. The third kappa shape index (κ3) is 5.25. The lowest BCUT2D eigenvalue weighted by molar-refractivity contribution is 0.543. The van der Waals surface area contributed by atoms with Crippen molar-refractivity contribution in [1.29, 1.82) is 0 Å². The summed E-state index contributed by atoms with van der Waals surface area (Å²) in [6.45, 7) is 5.32. The first-order chi connectivity index (χ1) is 15.8. The van der Waals surface area contributed by atoms with Gasteiger partial charge < -0.3 is 0 Å². The third-order valence-electron chi connectivity index (χ3n) is 5.51. The molecule has 0 spiro atoms. The first-order valence-corrected chi connectivity index (χ1v) is 11.5. The van der Waals surface area contributed by atoms with Crippen LogP contribution >= 0.6 is 0 Å². The van der Waals surface area contributed by atoms with Crippen LogP contribution in [-0.2, 0) is 19.4 Å². The molecule has 0 atom stereocenters. The number of aryl methyl sites for hydroxylation is 2. The van der Waals surface area contributed by atoms with Crippen molar-refractivity contribution in [2.75, 3.05) is 0 Å². The Labute approximate surface area is 188 Å². The fraction of sp³-hybridized carbons (Fsp3) is 0.417. The van der Waals surface area contributed by atoms with Gasteiger partial charge in [-0.25, -0.2) is 9.67 Å². The van der Waals surface area contributed by atoms with Crippen LogP contribution in [0.5, 0.6) is 0 Å². The molecule has 0 saturated carbocycles. The van der Waals surface area contributed by atoms with Gasteiger partial charge in [0.15, 0.2) is 5.82 Å². The van der Waals surface area contributed by atoms with E-state index in [1.54, 1.807) is 0 Å². The highest BCUT2D eigenvalue weighted by Crippen LogP contribution is 2.29. The van der Waals surface area contributed by atoms with Crippen LogP contribution < -0.4 is 0 Å². The monoisotopic (exact) mass is 430 g/mol. The number of pyridine rings is 1. The SMILES string of the molecule is CCCCCc1nc(Cc2ccc(-c3ccccc3-c3nn[nH]n3)cn2)n(CCCC)n1. The Bertz CT molecular complexity index is 1100. The average Bonchev–Trinajstić information content (AvgIpc) is 3.49. The Balaban J connectivity index is 1.53. The van der Waals surface area contributed by atoms with Gasteiger partial charge in [0.1, 0.15) is 5.82 Å². The number of nitrogens with zero attached hydrogens (tertiary/aromatic N) is 7. The fourth-order valence-electron chi connectivity index (χ4n) is 3.74. The summed E-state index contributed by atoms with van der Waals surface area (Å²) in [5, 5.41) is 19.2. The second-order valence-electron chi connectivity index (χ2n) is 7.97. The van der Waals surface area contributed by atoms with Crippen LogP contribution in [-0.4, -0.2) is 40.4 Å². The zero-order chi connectivity index (χ0) is 22.2. The van der Waals surface area contributed by atoms with Gasteiger partial charge in [0, 0.05) is 42.4 Å². The van der Waals surface area contributed by atoms with E-state index in [9.17, 15) is 0 Å². The van der Waals surface area contributed by atoms with Crippen LogP contribution in [0.2, 0.25) is 0 Å². The number of H-pyrrole nitrogens is 1. The molecule has 0 bridgehead atoms. The Kier molecular flexibility index (Phi) is 7.32. The van der Waals surface area contributed by atoms with Gasteiger partial charge in [-0.1, -0.05) is 63.4 Å². The van der Waals surface area contributed by atoms with Gasteiger partial charge in [0.25, 0.3) is 0 Å². The quantitative estimate of drug-likeness (QED) is 0.348. The second kappa shape index (κ2) is 10.7. The summed E-state index contributed by atoms with van der Waals surface area (Å²) in [5.74, 6) is 2.52. The average molecular weight is 431 g/mol. The molecule has 8 heteroatoms. The molecule has 1 aromatic carbocycles. The molecule has 8 nitrogen and oxygen atoms in total. The van der Waals surface area contributed by atoms with Crippen molar-refractivity contribution in [2.24, 2.45) is 0 Å².